The fraction of sp³-hybridized carbons (Fsp3) is 0.286. The molecule has 142 valence electrons. The molecule has 0 spiro atoms. The van der Waals surface area contributed by atoms with Gasteiger partial charge in [0.25, 0.3) is 5.91 Å². The van der Waals surface area contributed by atoms with Gasteiger partial charge in [-0.05, 0) is 29.8 Å². The van der Waals surface area contributed by atoms with Crippen LogP contribution in [0.2, 0.25) is 0 Å². The summed E-state index contributed by atoms with van der Waals surface area (Å²) in [7, 11) is 0. The molecule has 0 aromatic heterocycles. The van der Waals surface area contributed by atoms with Crippen LogP contribution >= 0.6 is 0 Å². The summed E-state index contributed by atoms with van der Waals surface area (Å²) >= 11 is 0. The maximum Gasteiger partial charge on any atom is 0.255 e. The topological polar surface area (TPSA) is 87.3 Å². The van der Waals surface area contributed by atoms with Crippen LogP contribution in [-0.2, 0) is 16.1 Å². The average molecular weight is 367 g/mol. The first-order valence-corrected chi connectivity index (χ1v) is 8.76. The van der Waals surface area contributed by atoms with Crippen LogP contribution < -0.4 is 16.0 Å². The SMILES string of the molecule is CC(C)(C)C(=O)NCC(=O)NCc1cccc(C(=O)Nc2ccccc2)c1. The van der Waals surface area contributed by atoms with Crippen molar-refractivity contribution in [3.05, 3.63) is 65.7 Å². The van der Waals surface area contributed by atoms with E-state index in [4.69, 9.17) is 0 Å². The molecule has 2 rings (SSSR count). The highest BCUT2D eigenvalue weighted by atomic mass is 16.2. The summed E-state index contributed by atoms with van der Waals surface area (Å²) in [6.45, 7) is 5.55. The Labute approximate surface area is 159 Å². The van der Waals surface area contributed by atoms with E-state index in [1.165, 1.54) is 0 Å². The van der Waals surface area contributed by atoms with E-state index >= 15 is 0 Å². The molecule has 3 N–H and O–H groups in total. The van der Waals surface area contributed by atoms with Crippen LogP contribution in [0.3, 0.4) is 0 Å². The van der Waals surface area contributed by atoms with Gasteiger partial charge in [0.05, 0.1) is 6.54 Å². The average Bonchev–Trinajstić information content (AvgIpc) is 2.64. The number of anilines is 1. The molecule has 3 amide bonds. The highest BCUT2D eigenvalue weighted by molar-refractivity contribution is 6.04. The normalized spacial score (nSPS) is 10.8. The molecule has 0 aliphatic carbocycles. The van der Waals surface area contributed by atoms with Gasteiger partial charge in [-0.2, -0.15) is 0 Å². The molecule has 6 heteroatoms. The third-order valence-corrected chi connectivity index (χ3v) is 3.80. The Hall–Kier alpha value is -3.15. The molecule has 0 aliphatic heterocycles. The van der Waals surface area contributed by atoms with Gasteiger partial charge in [0.1, 0.15) is 0 Å². The van der Waals surface area contributed by atoms with E-state index in [0.717, 1.165) is 11.3 Å². The minimum Gasteiger partial charge on any atom is -0.350 e. The third-order valence-electron chi connectivity index (χ3n) is 3.80. The second kappa shape index (κ2) is 8.98. The highest BCUT2D eigenvalue weighted by Crippen LogP contribution is 2.12. The molecule has 0 aliphatic rings. The first-order valence-electron chi connectivity index (χ1n) is 8.76. The number of carbonyl (C=O) groups is 3. The van der Waals surface area contributed by atoms with Gasteiger partial charge in [-0.3, -0.25) is 14.4 Å². The lowest BCUT2D eigenvalue weighted by atomic mass is 9.96. The van der Waals surface area contributed by atoms with Gasteiger partial charge < -0.3 is 16.0 Å². The summed E-state index contributed by atoms with van der Waals surface area (Å²) in [6, 6.07) is 16.2. The molecule has 0 atom stereocenters. The molecule has 2 aromatic carbocycles. The molecular formula is C21H25N3O3. The predicted octanol–water partition coefficient (Wildman–Crippen LogP) is 2.72. The van der Waals surface area contributed by atoms with Crippen molar-refractivity contribution in [2.24, 2.45) is 5.41 Å². The van der Waals surface area contributed by atoms with Crippen LogP contribution in [0.4, 0.5) is 5.69 Å². The van der Waals surface area contributed by atoms with Gasteiger partial charge in [-0.1, -0.05) is 51.1 Å². The Morgan fingerprint density at radius 3 is 2.26 bits per heavy atom. The van der Waals surface area contributed by atoms with Crippen molar-refractivity contribution in [1.29, 1.82) is 0 Å². The summed E-state index contributed by atoms with van der Waals surface area (Å²) in [5.74, 6) is -0.684. The second-order valence-electron chi connectivity index (χ2n) is 7.23. The van der Waals surface area contributed by atoms with Gasteiger partial charge in [-0.25, -0.2) is 0 Å². The Kier molecular flexibility index (Phi) is 6.71. The van der Waals surface area contributed by atoms with E-state index in [-0.39, 0.29) is 30.8 Å². The van der Waals surface area contributed by atoms with Crippen molar-refractivity contribution < 1.29 is 14.4 Å². The summed E-state index contributed by atoms with van der Waals surface area (Å²) in [6.07, 6.45) is 0. The van der Waals surface area contributed by atoms with Crippen molar-refractivity contribution in [1.82, 2.24) is 10.6 Å². The first-order chi connectivity index (χ1) is 12.8. The molecule has 6 nitrogen and oxygen atoms in total. The van der Waals surface area contributed by atoms with E-state index in [9.17, 15) is 14.4 Å². The van der Waals surface area contributed by atoms with Gasteiger partial charge in [-0.15, -0.1) is 0 Å². The third kappa shape index (κ3) is 6.58. The summed E-state index contributed by atoms with van der Waals surface area (Å²) in [5, 5.41) is 8.16. The highest BCUT2D eigenvalue weighted by Gasteiger charge is 2.21. The number of amides is 3. The standard InChI is InChI=1S/C21H25N3O3/c1-21(2,3)20(27)23-14-18(25)22-13-15-8-7-9-16(12-15)19(26)24-17-10-5-4-6-11-17/h4-12H,13-14H2,1-3H3,(H,22,25)(H,23,27)(H,24,26). The molecule has 0 bridgehead atoms. The van der Waals surface area contributed by atoms with E-state index in [0.29, 0.717) is 5.56 Å². The van der Waals surface area contributed by atoms with Crippen LogP contribution in [0.5, 0.6) is 0 Å². The number of nitrogens with one attached hydrogen (secondary N) is 3. The van der Waals surface area contributed by atoms with Crippen LogP contribution in [0, 0.1) is 5.41 Å². The summed E-state index contributed by atoms with van der Waals surface area (Å²) in [4.78, 5) is 36.0. The first kappa shape index (κ1) is 20.2. The predicted molar refractivity (Wildman–Crippen MR) is 105 cm³/mol. The number of para-hydroxylation sites is 1. The monoisotopic (exact) mass is 367 g/mol. The van der Waals surface area contributed by atoms with Crippen LogP contribution in [0.25, 0.3) is 0 Å². The van der Waals surface area contributed by atoms with Gasteiger partial charge in [0.2, 0.25) is 11.8 Å². The van der Waals surface area contributed by atoms with Gasteiger partial charge >= 0.3 is 0 Å². The molecule has 0 heterocycles. The van der Waals surface area contributed by atoms with E-state index in [2.05, 4.69) is 16.0 Å². The number of carbonyl (C=O) groups excluding carboxylic acids is 3. The minimum absolute atomic E-state index is 0.0791. The number of hydrogen-bond donors (Lipinski definition) is 3. The molecule has 0 saturated carbocycles. The van der Waals surface area contributed by atoms with Crippen LogP contribution in [-0.4, -0.2) is 24.3 Å². The number of rotatable bonds is 6. The number of hydrogen-bond acceptors (Lipinski definition) is 3. The van der Waals surface area contributed by atoms with Crippen LogP contribution in [0.1, 0.15) is 36.7 Å². The summed E-state index contributed by atoms with van der Waals surface area (Å²) < 4.78 is 0. The van der Waals surface area contributed by atoms with Crippen molar-refractivity contribution in [3.8, 4) is 0 Å². The zero-order valence-corrected chi connectivity index (χ0v) is 15.8. The lowest BCUT2D eigenvalue weighted by Crippen LogP contribution is -2.41. The zero-order chi connectivity index (χ0) is 19.9. The molecule has 0 unspecified atom stereocenters. The van der Waals surface area contributed by atoms with E-state index in [1.807, 2.05) is 36.4 Å². The van der Waals surface area contributed by atoms with Crippen molar-refractivity contribution in [2.75, 3.05) is 11.9 Å². The Morgan fingerprint density at radius 2 is 1.59 bits per heavy atom. The fourth-order valence-corrected chi connectivity index (χ4v) is 2.24. The molecule has 27 heavy (non-hydrogen) atoms. The fourth-order valence-electron chi connectivity index (χ4n) is 2.24. The Balaban J connectivity index is 1.87. The largest absolute Gasteiger partial charge is 0.350 e. The summed E-state index contributed by atoms with van der Waals surface area (Å²) in [5.41, 5.74) is 1.48. The lowest BCUT2D eigenvalue weighted by molar-refractivity contribution is -0.131. The van der Waals surface area contributed by atoms with Crippen molar-refractivity contribution in [2.45, 2.75) is 27.3 Å². The maximum atomic E-state index is 12.3. The smallest absolute Gasteiger partial charge is 0.255 e. The van der Waals surface area contributed by atoms with E-state index < -0.39 is 5.41 Å². The minimum atomic E-state index is -0.541. The molecule has 0 fully saturated rings. The van der Waals surface area contributed by atoms with E-state index in [1.54, 1.807) is 39.0 Å². The lowest BCUT2D eigenvalue weighted by Gasteiger charge is -2.17. The maximum absolute atomic E-state index is 12.3. The van der Waals surface area contributed by atoms with Crippen LogP contribution in [0.15, 0.2) is 54.6 Å². The zero-order valence-electron chi connectivity index (χ0n) is 15.8. The molecular weight excluding hydrogens is 342 g/mol. The van der Waals surface area contributed by atoms with Gasteiger partial charge in [0, 0.05) is 23.2 Å². The molecule has 2 aromatic rings. The van der Waals surface area contributed by atoms with Crippen molar-refractivity contribution >= 4 is 23.4 Å². The number of benzene rings is 2. The second-order valence-corrected chi connectivity index (χ2v) is 7.23. The quantitative estimate of drug-likeness (QED) is 0.734. The molecule has 0 saturated heterocycles. The Bertz CT molecular complexity index is 811. The Morgan fingerprint density at radius 1 is 0.889 bits per heavy atom. The van der Waals surface area contributed by atoms with Gasteiger partial charge in [0.15, 0.2) is 0 Å². The molecule has 0 radical (unpaired) electrons. The van der Waals surface area contributed by atoms with Crippen molar-refractivity contribution in [3.63, 3.8) is 0 Å².